The van der Waals surface area contributed by atoms with Crippen LogP contribution in [0.1, 0.15) is 38.0 Å². The molecule has 0 radical (unpaired) electrons. The Morgan fingerprint density at radius 2 is 1.05 bits per heavy atom. The van der Waals surface area contributed by atoms with E-state index in [1.807, 2.05) is 0 Å². The van der Waals surface area contributed by atoms with E-state index in [4.69, 9.17) is 10.2 Å². The second kappa shape index (κ2) is 5.52. The molecule has 0 aliphatic carbocycles. The van der Waals surface area contributed by atoms with Gasteiger partial charge >= 0.3 is 11.9 Å². The van der Waals surface area contributed by atoms with E-state index in [0.29, 0.717) is 11.1 Å². The van der Waals surface area contributed by atoms with Crippen molar-refractivity contribution in [1.29, 1.82) is 0 Å². The lowest BCUT2D eigenvalue weighted by atomic mass is 10.0. The Morgan fingerprint density at radius 1 is 0.750 bits per heavy atom. The minimum absolute atomic E-state index is 0.0853. The normalized spacial score (nSPS) is 10.5. The fourth-order valence-corrected chi connectivity index (χ4v) is 1.78. The molecule has 0 amide bonds. The number of hydrogen-bond donors (Lipinski definition) is 2. The van der Waals surface area contributed by atoms with Gasteiger partial charge in [0.1, 0.15) is 0 Å². The van der Waals surface area contributed by atoms with Gasteiger partial charge in [-0.1, -0.05) is 24.3 Å². The first-order chi connectivity index (χ1) is 9.49. The van der Waals surface area contributed by atoms with Gasteiger partial charge in [0.05, 0.1) is 11.1 Å². The molecule has 0 atom stereocenters. The minimum Gasteiger partial charge on any atom is -0.478 e. The molecule has 0 saturated carbocycles. The van der Waals surface area contributed by atoms with Crippen LogP contribution in [0, 0.1) is 0 Å². The summed E-state index contributed by atoms with van der Waals surface area (Å²) in [5, 5.41) is 17.5. The summed E-state index contributed by atoms with van der Waals surface area (Å²) in [7, 11) is 0. The third kappa shape index (κ3) is 2.83. The first kappa shape index (κ1) is 13.7. The highest BCUT2D eigenvalue weighted by molar-refractivity contribution is 5.88. The number of alkyl halides is 1. The van der Waals surface area contributed by atoms with Crippen molar-refractivity contribution in [2.45, 2.75) is 6.17 Å². The molecule has 4 nitrogen and oxygen atoms in total. The number of carboxylic acid groups (broad SMARTS) is 2. The molecule has 0 aliphatic rings. The summed E-state index contributed by atoms with van der Waals surface area (Å²) >= 11 is 0. The standard InChI is InChI=1S/C15H11FO4/c16-13(9-1-5-11(6-2-9)14(17)18)10-3-7-12(8-4-10)15(19)20/h1-8,13H,(H,17,18)(H,19,20). The SMILES string of the molecule is O=C(O)c1ccc(C(F)c2ccc(C(=O)O)cc2)cc1. The van der Waals surface area contributed by atoms with Crippen molar-refractivity contribution in [1.82, 2.24) is 0 Å². The van der Waals surface area contributed by atoms with Crippen LogP contribution in [-0.4, -0.2) is 22.2 Å². The van der Waals surface area contributed by atoms with E-state index in [2.05, 4.69) is 0 Å². The van der Waals surface area contributed by atoms with Crippen LogP contribution in [0.25, 0.3) is 0 Å². The summed E-state index contributed by atoms with van der Waals surface area (Å²) in [5.74, 6) is -2.14. The smallest absolute Gasteiger partial charge is 0.335 e. The van der Waals surface area contributed by atoms with E-state index in [0.717, 1.165) is 0 Å². The highest BCUT2D eigenvalue weighted by Crippen LogP contribution is 2.26. The van der Waals surface area contributed by atoms with Crippen LogP contribution in [0.3, 0.4) is 0 Å². The minimum atomic E-state index is -1.43. The summed E-state index contributed by atoms with van der Waals surface area (Å²) in [6.07, 6.45) is -1.43. The molecule has 0 heterocycles. The number of aromatic carboxylic acids is 2. The zero-order valence-electron chi connectivity index (χ0n) is 10.3. The molecule has 2 aromatic carbocycles. The van der Waals surface area contributed by atoms with Crippen LogP contribution in [0.5, 0.6) is 0 Å². The zero-order valence-corrected chi connectivity index (χ0v) is 10.3. The second-order valence-corrected chi connectivity index (χ2v) is 4.22. The fraction of sp³-hybridized carbons (Fsp3) is 0.0667. The topological polar surface area (TPSA) is 74.6 Å². The van der Waals surface area contributed by atoms with Crippen molar-refractivity contribution in [2.75, 3.05) is 0 Å². The first-order valence-electron chi connectivity index (χ1n) is 5.79. The Balaban J connectivity index is 2.24. The van der Waals surface area contributed by atoms with Crippen molar-refractivity contribution >= 4 is 11.9 Å². The van der Waals surface area contributed by atoms with Gasteiger partial charge in [-0.25, -0.2) is 14.0 Å². The molecule has 5 heteroatoms. The van der Waals surface area contributed by atoms with Gasteiger partial charge in [0, 0.05) is 0 Å². The molecule has 102 valence electrons. The van der Waals surface area contributed by atoms with Crippen LogP contribution >= 0.6 is 0 Å². The monoisotopic (exact) mass is 274 g/mol. The summed E-state index contributed by atoms with van der Waals surface area (Å²) < 4.78 is 14.2. The number of hydrogen-bond acceptors (Lipinski definition) is 2. The predicted octanol–water partition coefficient (Wildman–Crippen LogP) is 3.14. The maximum atomic E-state index is 14.2. The Kier molecular flexibility index (Phi) is 3.79. The van der Waals surface area contributed by atoms with Gasteiger partial charge in [-0.2, -0.15) is 0 Å². The van der Waals surface area contributed by atoms with E-state index in [1.54, 1.807) is 0 Å². The number of carboxylic acids is 2. The maximum absolute atomic E-state index is 14.2. The van der Waals surface area contributed by atoms with Crippen LogP contribution < -0.4 is 0 Å². The van der Waals surface area contributed by atoms with Gasteiger partial charge in [0.15, 0.2) is 6.17 Å². The third-order valence-corrected chi connectivity index (χ3v) is 2.90. The largest absolute Gasteiger partial charge is 0.478 e. The molecule has 20 heavy (non-hydrogen) atoms. The van der Waals surface area contributed by atoms with Crippen LogP contribution in [0.15, 0.2) is 48.5 Å². The molecule has 0 spiro atoms. The molecule has 0 saturated heterocycles. The Labute approximate surface area is 114 Å². The van der Waals surface area contributed by atoms with Gasteiger partial charge < -0.3 is 10.2 Å². The first-order valence-corrected chi connectivity index (χ1v) is 5.79. The van der Waals surface area contributed by atoms with Crippen molar-refractivity contribution in [2.24, 2.45) is 0 Å². The van der Waals surface area contributed by atoms with Gasteiger partial charge in [-0.3, -0.25) is 0 Å². The van der Waals surface area contributed by atoms with Crippen LogP contribution in [0.4, 0.5) is 4.39 Å². The summed E-state index contributed by atoms with van der Waals surface area (Å²) in [4.78, 5) is 21.4. The van der Waals surface area contributed by atoms with Gasteiger partial charge in [-0.15, -0.1) is 0 Å². The third-order valence-electron chi connectivity index (χ3n) is 2.90. The lowest BCUT2D eigenvalue weighted by Crippen LogP contribution is -2.00. The van der Waals surface area contributed by atoms with Crippen molar-refractivity contribution < 1.29 is 24.2 Å². The molecule has 0 aliphatic heterocycles. The summed E-state index contributed by atoms with van der Waals surface area (Å²) in [6, 6.07) is 10.9. The summed E-state index contributed by atoms with van der Waals surface area (Å²) in [5.41, 5.74) is 0.806. The highest BCUT2D eigenvalue weighted by atomic mass is 19.1. The zero-order chi connectivity index (χ0) is 14.7. The predicted molar refractivity (Wildman–Crippen MR) is 69.8 cm³/mol. The molecule has 2 aromatic rings. The second-order valence-electron chi connectivity index (χ2n) is 4.22. The van der Waals surface area contributed by atoms with E-state index < -0.39 is 18.1 Å². The molecule has 2 rings (SSSR count). The number of halogens is 1. The average Bonchev–Trinajstić information content (AvgIpc) is 2.46. The van der Waals surface area contributed by atoms with Crippen molar-refractivity contribution in [3.8, 4) is 0 Å². The van der Waals surface area contributed by atoms with Gasteiger partial charge in [-0.05, 0) is 35.4 Å². The number of rotatable bonds is 4. The lowest BCUT2D eigenvalue weighted by Gasteiger charge is -2.09. The van der Waals surface area contributed by atoms with E-state index in [9.17, 15) is 14.0 Å². The molecule has 0 bridgehead atoms. The Hall–Kier alpha value is -2.69. The molecule has 0 unspecified atom stereocenters. The van der Waals surface area contributed by atoms with Gasteiger partial charge in [0.25, 0.3) is 0 Å². The van der Waals surface area contributed by atoms with E-state index >= 15 is 0 Å². The van der Waals surface area contributed by atoms with Crippen molar-refractivity contribution in [3.63, 3.8) is 0 Å². The van der Waals surface area contributed by atoms with Gasteiger partial charge in [0.2, 0.25) is 0 Å². The number of benzene rings is 2. The quantitative estimate of drug-likeness (QED) is 0.898. The van der Waals surface area contributed by atoms with E-state index in [1.165, 1.54) is 48.5 Å². The fourth-order valence-electron chi connectivity index (χ4n) is 1.78. The molecule has 0 aromatic heterocycles. The Morgan fingerprint density at radius 3 is 1.30 bits per heavy atom. The van der Waals surface area contributed by atoms with Crippen molar-refractivity contribution in [3.05, 3.63) is 70.8 Å². The molecular formula is C15H11FO4. The molecule has 2 N–H and O–H groups in total. The van der Waals surface area contributed by atoms with E-state index in [-0.39, 0.29) is 11.1 Å². The average molecular weight is 274 g/mol. The number of carbonyl (C=O) groups is 2. The molecule has 0 fully saturated rings. The molecular weight excluding hydrogens is 263 g/mol. The lowest BCUT2D eigenvalue weighted by molar-refractivity contribution is 0.0686. The maximum Gasteiger partial charge on any atom is 0.335 e. The highest BCUT2D eigenvalue weighted by Gasteiger charge is 2.14. The van der Waals surface area contributed by atoms with Crippen LogP contribution in [0.2, 0.25) is 0 Å². The summed E-state index contributed by atoms with van der Waals surface area (Å²) in [6.45, 7) is 0. The van der Waals surface area contributed by atoms with Crippen LogP contribution in [-0.2, 0) is 0 Å². The Bertz CT molecular complexity index is 574.